The molecular weight excluding hydrogens is 386 g/mol. The number of rotatable bonds is 6. The van der Waals surface area contributed by atoms with Crippen molar-refractivity contribution >= 4 is 40.4 Å². The monoisotopic (exact) mass is 407 g/mol. The number of hydrogen-bond donors (Lipinski definition) is 3. The molecule has 9 nitrogen and oxygen atoms in total. The number of anilines is 2. The fraction of sp³-hybridized carbons (Fsp3) is 0.238. The molecule has 0 saturated carbocycles. The van der Waals surface area contributed by atoms with Crippen LogP contribution in [0.25, 0.3) is 11.0 Å². The summed E-state index contributed by atoms with van der Waals surface area (Å²) in [5.74, 6) is -0.379. The van der Waals surface area contributed by atoms with Gasteiger partial charge in [-0.05, 0) is 36.4 Å². The predicted molar refractivity (Wildman–Crippen MR) is 111 cm³/mol. The van der Waals surface area contributed by atoms with E-state index < -0.39 is 11.8 Å². The summed E-state index contributed by atoms with van der Waals surface area (Å²) in [7, 11) is 1.57. The van der Waals surface area contributed by atoms with Gasteiger partial charge in [0.1, 0.15) is 5.75 Å². The maximum atomic E-state index is 12.5. The molecule has 0 aliphatic carbocycles. The normalized spacial score (nSPS) is 16.0. The van der Waals surface area contributed by atoms with E-state index in [9.17, 15) is 14.4 Å². The van der Waals surface area contributed by atoms with Gasteiger partial charge in [0.2, 0.25) is 23.7 Å². The molecule has 9 heteroatoms. The molecule has 1 fully saturated rings. The number of para-hydroxylation sites is 2. The van der Waals surface area contributed by atoms with Crippen LogP contribution in [0.1, 0.15) is 6.42 Å². The molecule has 0 bridgehead atoms. The molecule has 1 saturated heterocycles. The Bertz CT molecular complexity index is 1060. The maximum absolute atomic E-state index is 12.5. The molecule has 0 radical (unpaired) electrons. The number of hydrogen-bond acceptors (Lipinski definition) is 5. The van der Waals surface area contributed by atoms with E-state index >= 15 is 0 Å². The van der Waals surface area contributed by atoms with E-state index in [0.717, 1.165) is 11.0 Å². The summed E-state index contributed by atoms with van der Waals surface area (Å²) in [6, 6.07) is 14.5. The third-order valence-corrected chi connectivity index (χ3v) is 4.95. The Morgan fingerprint density at radius 1 is 1.20 bits per heavy atom. The van der Waals surface area contributed by atoms with Gasteiger partial charge < -0.3 is 19.9 Å². The van der Waals surface area contributed by atoms with Crippen LogP contribution in [-0.4, -0.2) is 47.9 Å². The number of H-pyrrole nitrogens is 1. The van der Waals surface area contributed by atoms with Gasteiger partial charge >= 0.3 is 0 Å². The van der Waals surface area contributed by atoms with Gasteiger partial charge in [0.05, 0.1) is 30.6 Å². The van der Waals surface area contributed by atoms with E-state index in [1.165, 1.54) is 0 Å². The number of aromatic amines is 1. The Labute approximate surface area is 172 Å². The van der Waals surface area contributed by atoms with Crippen LogP contribution in [0.5, 0.6) is 5.75 Å². The van der Waals surface area contributed by atoms with Crippen molar-refractivity contribution in [2.75, 3.05) is 30.4 Å². The number of carbonyl (C=O) groups is 3. The molecule has 1 aromatic heterocycles. The van der Waals surface area contributed by atoms with E-state index in [-0.39, 0.29) is 31.3 Å². The van der Waals surface area contributed by atoms with Crippen LogP contribution < -0.4 is 20.3 Å². The zero-order valence-corrected chi connectivity index (χ0v) is 16.3. The van der Waals surface area contributed by atoms with Gasteiger partial charge in [0.25, 0.3) is 0 Å². The molecule has 0 spiro atoms. The molecule has 2 heterocycles. The van der Waals surface area contributed by atoms with Crippen LogP contribution in [0.4, 0.5) is 11.6 Å². The molecule has 30 heavy (non-hydrogen) atoms. The third-order valence-electron chi connectivity index (χ3n) is 4.95. The zero-order chi connectivity index (χ0) is 21.1. The number of methoxy groups -OCH3 is 1. The topological polar surface area (TPSA) is 116 Å². The Morgan fingerprint density at radius 2 is 1.97 bits per heavy atom. The van der Waals surface area contributed by atoms with Crippen molar-refractivity contribution in [2.24, 2.45) is 5.92 Å². The zero-order valence-electron chi connectivity index (χ0n) is 16.3. The van der Waals surface area contributed by atoms with Gasteiger partial charge in [-0.25, -0.2) is 4.98 Å². The molecule has 1 aliphatic rings. The summed E-state index contributed by atoms with van der Waals surface area (Å²) in [5.41, 5.74) is 2.25. The van der Waals surface area contributed by atoms with Gasteiger partial charge in [-0.3, -0.25) is 19.7 Å². The van der Waals surface area contributed by atoms with Gasteiger partial charge in [0.15, 0.2) is 0 Å². The van der Waals surface area contributed by atoms with Crippen LogP contribution in [0.15, 0.2) is 48.5 Å². The highest BCUT2D eigenvalue weighted by Crippen LogP contribution is 2.26. The van der Waals surface area contributed by atoms with Crippen molar-refractivity contribution in [1.29, 1.82) is 0 Å². The quantitative estimate of drug-likeness (QED) is 0.575. The van der Waals surface area contributed by atoms with Crippen LogP contribution in [-0.2, 0) is 14.4 Å². The molecular formula is C21H21N5O4. The molecule has 3 N–H and O–H groups in total. The highest BCUT2D eigenvalue weighted by molar-refractivity contribution is 6.01. The lowest BCUT2D eigenvalue weighted by Crippen LogP contribution is -2.38. The van der Waals surface area contributed by atoms with Crippen molar-refractivity contribution in [1.82, 2.24) is 15.3 Å². The molecule has 1 aliphatic heterocycles. The highest BCUT2D eigenvalue weighted by Gasteiger charge is 2.35. The lowest BCUT2D eigenvalue weighted by atomic mass is 10.1. The van der Waals surface area contributed by atoms with E-state index in [2.05, 4.69) is 20.6 Å². The second-order valence-electron chi connectivity index (χ2n) is 6.97. The van der Waals surface area contributed by atoms with Crippen molar-refractivity contribution < 1.29 is 19.1 Å². The molecule has 0 unspecified atom stereocenters. The largest absolute Gasteiger partial charge is 0.497 e. The number of imidazole rings is 1. The fourth-order valence-electron chi connectivity index (χ4n) is 3.39. The highest BCUT2D eigenvalue weighted by atomic mass is 16.5. The average Bonchev–Trinajstić information content (AvgIpc) is 3.35. The first-order chi connectivity index (χ1) is 14.5. The van der Waals surface area contributed by atoms with E-state index in [0.29, 0.717) is 17.4 Å². The number of amides is 3. The summed E-state index contributed by atoms with van der Waals surface area (Å²) in [6.07, 6.45) is 0.100. The minimum absolute atomic E-state index is 0.100. The molecule has 3 amide bonds. The first kappa shape index (κ1) is 19.4. The van der Waals surface area contributed by atoms with Crippen molar-refractivity contribution in [3.05, 3.63) is 48.5 Å². The molecule has 1 atom stereocenters. The molecule has 4 rings (SSSR count). The summed E-state index contributed by atoms with van der Waals surface area (Å²) < 4.78 is 5.12. The standard InChI is InChI=1S/C21H21N5O4/c1-30-15-8-6-14(7-9-15)26-12-13(10-19(26)28)20(29)22-11-18(27)25-21-23-16-4-2-3-5-17(16)24-21/h2-9,13H,10-12H2,1H3,(H,22,29)(H2,23,24,25,27)/t13-/m0/s1. The number of nitrogens with one attached hydrogen (secondary N) is 3. The Morgan fingerprint density at radius 3 is 2.70 bits per heavy atom. The van der Waals surface area contributed by atoms with Crippen molar-refractivity contribution in [2.45, 2.75) is 6.42 Å². The number of nitrogens with zero attached hydrogens (tertiary/aromatic N) is 2. The van der Waals surface area contributed by atoms with Crippen molar-refractivity contribution in [3.8, 4) is 5.75 Å². The van der Waals surface area contributed by atoms with Crippen LogP contribution in [0.3, 0.4) is 0 Å². The van der Waals surface area contributed by atoms with Crippen LogP contribution in [0.2, 0.25) is 0 Å². The van der Waals surface area contributed by atoms with Gasteiger partial charge in [-0.2, -0.15) is 0 Å². The SMILES string of the molecule is COc1ccc(N2C[C@@H](C(=O)NCC(=O)Nc3nc4ccccc4[nH]3)CC2=O)cc1. The van der Waals surface area contributed by atoms with Gasteiger partial charge in [-0.15, -0.1) is 0 Å². The predicted octanol–water partition coefficient (Wildman–Crippen LogP) is 1.68. The van der Waals surface area contributed by atoms with Gasteiger partial charge in [0, 0.05) is 18.7 Å². The maximum Gasteiger partial charge on any atom is 0.246 e. The number of ether oxygens (including phenoxy) is 1. The summed E-state index contributed by atoms with van der Waals surface area (Å²) in [4.78, 5) is 45.7. The summed E-state index contributed by atoms with van der Waals surface area (Å²) in [6.45, 7) is 0.0608. The Kier molecular flexibility index (Phi) is 5.34. The van der Waals surface area contributed by atoms with Crippen LogP contribution in [0, 0.1) is 5.92 Å². The Balaban J connectivity index is 1.30. The number of aromatic nitrogens is 2. The summed E-state index contributed by atoms with van der Waals surface area (Å²) >= 11 is 0. The minimum Gasteiger partial charge on any atom is -0.497 e. The van der Waals surface area contributed by atoms with Crippen molar-refractivity contribution in [3.63, 3.8) is 0 Å². The molecule has 3 aromatic rings. The van der Waals surface area contributed by atoms with Crippen LogP contribution >= 0.6 is 0 Å². The summed E-state index contributed by atoms with van der Waals surface area (Å²) in [5, 5.41) is 5.22. The first-order valence-corrected chi connectivity index (χ1v) is 9.50. The first-order valence-electron chi connectivity index (χ1n) is 9.50. The minimum atomic E-state index is -0.515. The smallest absolute Gasteiger partial charge is 0.246 e. The number of benzene rings is 2. The second kappa shape index (κ2) is 8.24. The van der Waals surface area contributed by atoms with E-state index in [1.54, 1.807) is 36.3 Å². The lowest BCUT2D eigenvalue weighted by Gasteiger charge is -2.17. The number of fused-ring (bicyclic) bond motifs is 1. The van der Waals surface area contributed by atoms with E-state index in [1.807, 2.05) is 24.3 Å². The molecule has 154 valence electrons. The fourth-order valence-corrected chi connectivity index (χ4v) is 3.39. The lowest BCUT2D eigenvalue weighted by molar-refractivity contribution is -0.127. The third kappa shape index (κ3) is 4.09. The average molecular weight is 407 g/mol. The Hall–Kier alpha value is -3.88. The number of carbonyl (C=O) groups excluding carboxylic acids is 3. The second-order valence-corrected chi connectivity index (χ2v) is 6.97. The van der Waals surface area contributed by atoms with Gasteiger partial charge in [-0.1, -0.05) is 12.1 Å². The molecule has 2 aromatic carbocycles. The van der Waals surface area contributed by atoms with E-state index in [4.69, 9.17) is 4.74 Å².